The normalized spacial score (nSPS) is 11.2. The molecule has 0 radical (unpaired) electrons. The van der Waals surface area contributed by atoms with Gasteiger partial charge in [0.2, 0.25) is 0 Å². The number of hydrogen-bond acceptors (Lipinski definition) is 2. The van der Waals surface area contributed by atoms with Crippen molar-refractivity contribution in [2.75, 3.05) is 0 Å². The molecule has 0 saturated carbocycles. The molecule has 0 aliphatic rings. The minimum absolute atomic E-state index is 0.878. The predicted molar refractivity (Wildman–Crippen MR) is 100 cm³/mol. The molecule has 0 saturated heterocycles. The van der Waals surface area contributed by atoms with Crippen LogP contribution in [-0.4, -0.2) is 9.97 Å². The van der Waals surface area contributed by atoms with Crippen molar-refractivity contribution in [3.05, 3.63) is 96.2 Å². The molecule has 1 heterocycles. The Balaban J connectivity index is 1.87. The summed E-state index contributed by atoms with van der Waals surface area (Å²) in [5, 5.41) is 0. The van der Waals surface area contributed by atoms with Gasteiger partial charge < -0.3 is 0 Å². The number of aromatic nitrogens is 2. The number of benzene rings is 3. The maximum atomic E-state index is 4.84. The molecular formula is C22H16N2. The Kier molecular flexibility index (Phi) is 3.86. The third-order valence-corrected chi connectivity index (χ3v) is 3.88. The van der Waals surface area contributed by atoms with Crippen LogP contribution >= 0.6 is 0 Å². The first-order valence-electron chi connectivity index (χ1n) is 7.95. The van der Waals surface area contributed by atoms with Crippen LogP contribution in [0.5, 0.6) is 0 Å². The Morgan fingerprint density at radius 3 is 1.83 bits per heavy atom. The van der Waals surface area contributed by atoms with Gasteiger partial charge in [-0.1, -0.05) is 78.9 Å². The zero-order valence-electron chi connectivity index (χ0n) is 13.1. The van der Waals surface area contributed by atoms with E-state index in [0.29, 0.717) is 0 Å². The third kappa shape index (κ3) is 2.95. The molecule has 4 aromatic rings. The largest absolute Gasteiger partial charge is 0.244 e. The fourth-order valence-corrected chi connectivity index (χ4v) is 2.68. The van der Waals surface area contributed by atoms with Crippen LogP contribution in [-0.2, 0) is 0 Å². The molecule has 0 amide bonds. The van der Waals surface area contributed by atoms with Gasteiger partial charge in [-0.3, -0.25) is 0 Å². The third-order valence-electron chi connectivity index (χ3n) is 3.88. The van der Waals surface area contributed by atoms with Crippen molar-refractivity contribution in [3.8, 4) is 11.3 Å². The predicted octanol–water partition coefficient (Wildman–Crippen LogP) is 5.47. The average Bonchev–Trinajstić information content (AvgIpc) is 2.67. The highest BCUT2D eigenvalue weighted by molar-refractivity contribution is 5.84. The van der Waals surface area contributed by atoms with E-state index in [2.05, 4.69) is 30.3 Å². The summed E-state index contributed by atoms with van der Waals surface area (Å²) in [7, 11) is 0. The highest BCUT2D eigenvalue weighted by Gasteiger charge is 2.08. The zero-order chi connectivity index (χ0) is 16.2. The Labute approximate surface area is 141 Å². The molecule has 1 aromatic heterocycles. The van der Waals surface area contributed by atoms with Crippen LogP contribution in [0, 0.1) is 0 Å². The van der Waals surface area contributed by atoms with Crippen molar-refractivity contribution in [3.63, 3.8) is 0 Å². The lowest BCUT2D eigenvalue weighted by Gasteiger charge is -2.07. The number of fused-ring (bicyclic) bond motifs is 1. The van der Waals surface area contributed by atoms with E-state index in [4.69, 9.17) is 9.97 Å². The van der Waals surface area contributed by atoms with E-state index in [1.807, 2.05) is 66.7 Å². The maximum Gasteiger partial charge on any atom is 0.0966 e. The van der Waals surface area contributed by atoms with E-state index >= 15 is 0 Å². The van der Waals surface area contributed by atoms with Gasteiger partial charge in [-0.25, -0.2) is 9.97 Å². The summed E-state index contributed by atoms with van der Waals surface area (Å²) in [6.07, 6.45) is 4.11. The van der Waals surface area contributed by atoms with Crippen LogP contribution in [0.4, 0.5) is 0 Å². The molecule has 0 bridgehead atoms. The van der Waals surface area contributed by atoms with Crippen LogP contribution in [0.2, 0.25) is 0 Å². The van der Waals surface area contributed by atoms with Crippen LogP contribution < -0.4 is 0 Å². The number of hydrogen-bond donors (Lipinski definition) is 0. The van der Waals surface area contributed by atoms with Crippen molar-refractivity contribution < 1.29 is 0 Å². The second kappa shape index (κ2) is 6.47. The van der Waals surface area contributed by atoms with Gasteiger partial charge in [-0.15, -0.1) is 0 Å². The molecular weight excluding hydrogens is 292 g/mol. The summed E-state index contributed by atoms with van der Waals surface area (Å²) in [4.78, 5) is 9.66. The second-order valence-electron chi connectivity index (χ2n) is 5.56. The number of para-hydroxylation sites is 2. The van der Waals surface area contributed by atoms with Gasteiger partial charge in [0.15, 0.2) is 0 Å². The Bertz CT molecular complexity index is 990. The summed E-state index contributed by atoms with van der Waals surface area (Å²) in [5.74, 6) is 0. The van der Waals surface area contributed by atoms with Gasteiger partial charge in [0.05, 0.1) is 22.4 Å². The van der Waals surface area contributed by atoms with E-state index in [9.17, 15) is 0 Å². The minimum atomic E-state index is 0.878. The summed E-state index contributed by atoms with van der Waals surface area (Å²) >= 11 is 0. The van der Waals surface area contributed by atoms with Crippen molar-refractivity contribution in [1.82, 2.24) is 9.97 Å². The first-order chi connectivity index (χ1) is 11.9. The van der Waals surface area contributed by atoms with E-state index in [0.717, 1.165) is 33.5 Å². The highest BCUT2D eigenvalue weighted by Crippen LogP contribution is 2.24. The lowest BCUT2D eigenvalue weighted by Crippen LogP contribution is -1.94. The van der Waals surface area contributed by atoms with Crippen LogP contribution in [0.15, 0.2) is 84.9 Å². The number of nitrogens with zero attached hydrogens (tertiary/aromatic N) is 2. The molecule has 0 atom stereocenters. The van der Waals surface area contributed by atoms with E-state index in [1.54, 1.807) is 0 Å². The molecule has 4 rings (SSSR count). The molecule has 2 heteroatoms. The quantitative estimate of drug-likeness (QED) is 0.501. The summed E-state index contributed by atoms with van der Waals surface area (Å²) in [5.41, 5.74) is 5.82. The second-order valence-corrected chi connectivity index (χ2v) is 5.56. The topological polar surface area (TPSA) is 25.8 Å². The van der Waals surface area contributed by atoms with Gasteiger partial charge in [0, 0.05) is 5.56 Å². The molecule has 24 heavy (non-hydrogen) atoms. The molecule has 0 N–H and O–H groups in total. The molecule has 2 nitrogen and oxygen atoms in total. The van der Waals surface area contributed by atoms with E-state index < -0.39 is 0 Å². The number of rotatable bonds is 3. The molecule has 114 valence electrons. The van der Waals surface area contributed by atoms with E-state index in [-0.39, 0.29) is 0 Å². The van der Waals surface area contributed by atoms with Gasteiger partial charge in [-0.2, -0.15) is 0 Å². The fourth-order valence-electron chi connectivity index (χ4n) is 2.68. The Morgan fingerprint density at radius 1 is 0.542 bits per heavy atom. The van der Waals surface area contributed by atoms with Gasteiger partial charge in [0.1, 0.15) is 0 Å². The molecule has 0 unspecified atom stereocenters. The summed E-state index contributed by atoms with van der Waals surface area (Å²) in [6, 6.07) is 28.4. The van der Waals surface area contributed by atoms with Crippen LogP contribution in [0.3, 0.4) is 0 Å². The van der Waals surface area contributed by atoms with Crippen molar-refractivity contribution in [2.45, 2.75) is 0 Å². The summed E-state index contributed by atoms with van der Waals surface area (Å²) < 4.78 is 0. The standard InChI is InChI=1S/C22H16N2/c1-3-9-17(10-4-1)15-16-21-22(18-11-5-2-6-12-18)24-20-14-8-7-13-19(20)23-21/h1-16H/b16-15-. The molecule has 0 aliphatic carbocycles. The van der Waals surface area contributed by atoms with Crippen molar-refractivity contribution >= 4 is 23.2 Å². The summed E-state index contributed by atoms with van der Waals surface area (Å²) in [6.45, 7) is 0. The molecule has 0 aliphatic heterocycles. The molecule has 0 fully saturated rings. The van der Waals surface area contributed by atoms with E-state index in [1.165, 1.54) is 0 Å². The lowest BCUT2D eigenvalue weighted by atomic mass is 10.1. The van der Waals surface area contributed by atoms with Gasteiger partial charge in [-0.05, 0) is 23.8 Å². The lowest BCUT2D eigenvalue weighted by molar-refractivity contribution is 1.27. The first-order valence-corrected chi connectivity index (χ1v) is 7.95. The smallest absolute Gasteiger partial charge is 0.0966 e. The average molecular weight is 308 g/mol. The minimum Gasteiger partial charge on any atom is -0.244 e. The monoisotopic (exact) mass is 308 g/mol. The first kappa shape index (κ1) is 14.3. The highest BCUT2D eigenvalue weighted by atomic mass is 14.8. The van der Waals surface area contributed by atoms with Gasteiger partial charge in [0.25, 0.3) is 0 Å². The molecule has 3 aromatic carbocycles. The van der Waals surface area contributed by atoms with Crippen LogP contribution in [0.1, 0.15) is 11.3 Å². The Hall–Kier alpha value is -3.26. The van der Waals surface area contributed by atoms with Crippen LogP contribution in [0.25, 0.3) is 34.4 Å². The Morgan fingerprint density at radius 2 is 1.12 bits per heavy atom. The van der Waals surface area contributed by atoms with Gasteiger partial charge >= 0.3 is 0 Å². The fraction of sp³-hybridized carbons (Fsp3) is 0. The van der Waals surface area contributed by atoms with Crippen molar-refractivity contribution in [2.24, 2.45) is 0 Å². The van der Waals surface area contributed by atoms with Crippen molar-refractivity contribution in [1.29, 1.82) is 0 Å². The SMILES string of the molecule is C(=C/c1nc2ccccc2nc1-c1ccccc1)/c1ccccc1. The molecule has 0 spiro atoms. The zero-order valence-corrected chi connectivity index (χ0v) is 13.1. The maximum absolute atomic E-state index is 4.84.